The second kappa shape index (κ2) is 4.84. The molecule has 0 spiro atoms. The molecule has 2 aromatic rings. The SMILES string of the molecule is CCC1CCCCC1(O)c1cc2cccc(Cl)c2o1. The van der Waals surface area contributed by atoms with Gasteiger partial charge in [0.25, 0.3) is 0 Å². The average molecular weight is 279 g/mol. The van der Waals surface area contributed by atoms with Gasteiger partial charge in [0, 0.05) is 5.39 Å². The molecule has 102 valence electrons. The topological polar surface area (TPSA) is 33.4 Å². The molecule has 0 aliphatic heterocycles. The third kappa shape index (κ3) is 2.07. The predicted octanol–water partition coefficient (Wildman–Crippen LogP) is 4.87. The second-order valence-corrected chi connectivity index (χ2v) is 5.95. The Balaban J connectivity index is 2.09. The van der Waals surface area contributed by atoms with E-state index in [-0.39, 0.29) is 5.92 Å². The van der Waals surface area contributed by atoms with E-state index in [9.17, 15) is 5.11 Å². The fourth-order valence-electron chi connectivity index (χ4n) is 3.34. The van der Waals surface area contributed by atoms with Crippen molar-refractivity contribution in [2.75, 3.05) is 0 Å². The molecular formula is C16H19ClO2. The molecule has 1 heterocycles. The highest BCUT2D eigenvalue weighted by Gasteiger charge is 2.42. The Morgan fingerprint density at radius 1 is 1.42 bits per heavy atom. The highest BCUT2D eigenvalue weighted by Crippen LogP contribution is 2.45. The van der Waals surface area contributed by atoms with Crippen LogP contribution in [0.4, 0.5) is 0 Å². The molecule has 1 aliphatic rings. The third-order valence-electron chi connectivity index (χ3n) is 4.45. The summed E-state index contributed by atoms with van der Waals surface area (Å²) in [4.78, 5) is 0. The van der Waals surface area contributed by atoms with Gasteiger partial charge in [0.15, 0.2) is 5.58 Å². The molecule has 0 saturated heterocycles. The molecule has 3 heteroatoms. The van der Waals surface area contributed by atoms with Gasteiger partial charge in [0.05, 0.1) is 5.02 Å². The molecule has 3 rings (SSSR count). The van der Waals surface area contributed by atoms with Gasteiger partial charge in [-0.2, -0.15) is 0 Å². The summed E-state index contributed by atoms with van der Waals surface area (Å²) in [5.74, 6) is 0.961. The van der Waals surface area contributed by atoms with E-state index < -0.39 is 5.60 Å². The van der Waals surface area contributed by atoms with Crippen molar-refractivity contribution >= 4 is 22.6 Å². The van der Waals surface area contributed by atoms with Gasteiger partial charge in [-0.25, -0.2) is 0 Å². The molecule has 1 saturated carbocycles. The van der Waals surface area contributed by atoms with Crippen molar-refractivity contribution in [3.05, 3.63) is 35.0 Å². The predicted molar refractivity (Wildman–Crippen MR) is 77.4 cm³/mol. The molecule has 1 aromatic heterocycles. The first kappa shape index (κ1) is 13.0. The minimum Gasteiger partial charge on any atom is -0.456 e. The summed E-state index contributed by atoms with van der Waals surface area (Å²) in [5.41, 5.74) is -0.136. The van der Waals surface area contributed by atoms with Gasteiger partial charge in [-0.1, -0.05) is 49.9 Å². The summed E-state index contributed by atoms with van der Waals surface area (Å²) in [7, 11) is 0. The van der Waals surface area contributed by atoms with Crippen LogP contribution in [-0.4, -0.2) is 5.11 Å². The molecule has 2 nitrogen and oxygen atoms in total. The minimum absolute atomic E-state index is 0.278. The highest BCUT2D eigenvalue weighted by atomic mass is 35.5. The second-order valence-electron chi connectivity index (χ2n) is 5.54. The van der Waals surface area contributed by atoms with Crippen LogP contribution in [0.1, 0.15) is 44.8 Å². The van der Waals surface area contributed by atoms with Crippen LogP contribution in [-0.2, 0) is 5.60 Å². The Labute approximate surface area is 118 Å². The van der Waals surface area contributed by atoms with Crippen molar-refractivity contribution in [3.63, 3.8) is 0 Å². The zero-order valence-corrected chi connectivity index (χ0v) is 11.9. The molecule has 0 amide bonds. The van der Waals surface area contributed by atoms with Crippen LogP contribution in [0.2, 0.25) is 5.02 Å². The summed E-state index contributed by atoms with van der Waals surface area (Å²) in [5, 5.41) is 12.6. The smallest absolute Gasteiger partial charge is 0.153 e. The van der Waals surface area contributed by atoms with E-state index >= 15 is 0 Å². The van der Waals surface area contributed by atoms with Gasteiger partial charge < -0.3 is 9.52 Å². The van der Waals surface area contributed by atoms with Crippen LogP contribution in [0.5, 0.6) is 0 Å². The Kier molecular flexibility index (Phi) is 3.32. The number of aliphatic hydroxyl groups is 1. The summed E-state index contributed by atoms with van der Waals surface area (Å²) in [6.45, 7) is 2.14. The summed E-state index contributed by atoms with van der Waals surface area (Å²) < 4.78 is 5.89. The minimum atomic E-state index is -0.824. The van der Waals surface area contributed by atoms with E-state index in [1.165, 1.54) is 6.42 Å². The number of benzene rings is 1. The van der Waals surface area contributed by atoms with Gasteiger partial charge in [-0.3, -0.25) is 0 Å². The zero-order chi connectivity index (χ0) is 13.5. The number of hydrogen-bond acceptors (Lipinski definition) is 2. The monoisotopic (exact) mass is 278 g/mol. The standard InChI is InChI=1S/C16H19ClO2/c1-2-12-7-3-4-9-16(12,18)14-10-11-6-5-8-13(17)15(11)19-14/h5-6,8,10,12,18H,2-4,7,9H2,1H3. The van der Waals surface area contributed by atoms with E-state index in [1.54, 1.807) is 0 Å². The van der Waals surface area contributed by atoms with Crippen molar-refractivity contribution in [2.45, 2.75) is 44.6 Å². The van der Waals surface area contributed by atoms with E-state index in [0.717, 1.165) is 31.1 Å². The molecular weight excluding hydrogens is 260 g/mol. The molecule has 0 bridgehead atoms. The Morgan fingerprint density at radius 3 is 3.00 bits per heavy atom. The molecule has 1 aromatic carbocycles. The van der Waals surface area contributed by atoms with Crippen LogP contribution >= 0.6 is 11.6 Å². The summed E-state index contributed by atoms with van der Waals surface area (Å²) in [6, 6.07) is 7.65. The molecule has 1 N–H and O–H groups in total. The first-order chi connectivity index (χ1) is 9.15. The molecule has 2 unspecified atom stereocenters. The number of rotatable bonds is 2. The lowest BCUT2D eigenvalue weighted by Gasteiger charge is -2.38. The number of para-hydroxylation sites is 1. The van der Waals surface area contributed by atoms with Crippen molar-refractivity contribution in [1.29, 1.82) is 0 Å². The van der Waals surface area contributed by atoms with Crippen molar-refractivity contribution < 1.29 is 9.52 Å². The van der Waals surface area contributed by atoms with Crippen LogP contribution in [0.25, 0.3) is 11.0 Å². The lowest BCUT2D eigenvalue weighted by Crippen LogP contribution is -2.37. The number of hydrogen-bond donors (Lipinski definition) is 1. The van der Waals surface area contributed by atoms with Gasteiger partial charge in [-0.05, 0) is 30.9 Å². The summed E-state index contributed by atoms with van der Waals surface area (Å²) in [6.07, 6.45) is 5.07. The van der Waals surface area contributed by atoms with Crippen LogP contribution in [0, 0.1) is 5.92 Å². The largest absolute Gasteiger partial charge is 0.456 e. The van der Waals surface area contributed by atoms with Crippen LogP contribution in [0.3, 0.4) is 0 Å². The molecule has 1 aliphatic carbocycles. The first-order valence-electron chi connectivity index (χ1n) is 7.06. The van der Waals surface area contributed by atoms with Crippen LogP contribution < -0.4 is 0 Å². The normalized spacial score (nSPS) is 27.8. The quantitative estimate of drug-likeness (QED) is 0.850. The maximum absolute atomic E-state index is 11.1. The molecule has 19 heavy (non-hydrogen) atoms. The average Bonchev–Trinajstić information content (AvgIpc) is 2.85. The third-order valence-corrected chi connectivity index (χ3v) is 4.75. The lowest BCUT2D eigenvalue weighted by atomic mass is 9.73. The lowest BCUT2D eigenvalue weighted by molar-refractivity contribution is -0.0709. The fourth-order valence-corrected chi connectivity index (χ4v) is 3.56. The maximum atomic E-state index is 11.1. The maximum Gasteiger partial charge on any atom is 0.153 e. The van der Waals surface area contributed by atoms with Crippen molar-refractivity contribution in [3.8, 4) is 0 Å². The number of furan rings is 1. The Bertz CT molecular complexity index is 589. The fraction of sp³-hybridized carbons (Fsp3) is 0.500. The molecule has 0 radical (unpaired) electrons. The van der Waals surface area contributed by atoms with E-state index in [0.29, 0.717) is 16.4 Å². The highest BCUT2D eigenvalue weighted by molar-refractivity contribution is 6.34. The Morgan fingerprint density at radius 2 is 2.26 bits per heavy atom. The van der Waals surface area contributed by atoms with E-state index in [4.69, 9.17) is 16.0 Å². The molecule has 2 atom stereocenters. The number of halogens is 1. The van der Waals surface area contributed by atoms with Gasteiger partial charge in [-0.15, -0.1) is 0 Å². The van der Waals surface area contributed by atoms with Crippen molar-refractivity contribution in [1.82, 2.24) is 0 Å². The summed E-state index contributed by atoms with van der Waals surface area (Å²) >= 11 is 6.15. The van der Waals surface area contributed by atoms with Gasteiger partial charge in [0.1, 0.15) is 11.4 Å². The van der Waals surface area contributed by atoms with Crippen LogP contribution in [0.15, 0.2) is 28.7 Å². The Hall–Kier alpha value is -0.990. The van der Waals surface area contributed by atoms with E-state index in [2.05, 4.69) is 6.92 Å². The van der Waals surface area contributed by atoms with Gasteiger partial charge >= 0.3 is 0 Å². The zero-order valence-electron chi connectivity index (χ0n) is 11.2. The van der Waals surface area contributed by atoms with Gasteiger partial charge in [0.2, 0.25) is 0 Å². The van der Waals surface area contributed by atoms with Crippen molar-refractivity contribution in [2.24, 2.45) is 5.92 Å². The number of fused-ring (bicyclic) bond motifs is 1. The molecule has 1 fully saturated rings. The van der Waals surface area contributed by atoms with E-state index in [1.807, 2.05) is 24.3 Å². The first-order valence-corrected chi connectivity index (χ1v) is 7.44.